The second-order valence-corrected chi connectivity index (χ2v) is 10.6. The number of nitrogens with zero attached hydrogens (tertiary/aromatic N) is 2. The first-order valence-electron chi connectivity index (χ1n) is 10.3. The van der Waals surface area contributed by atoms with Crippen LogP contribution in [0.15, 0.2) is 91.8 Å². The van der Waals surface area contributed by atoms with E-state index in [0.717, 1.165) is 33.3 Å². The highest BCUT2D eigenvalue weighted by Gasteiger charge is 2.31. The van der Waals surface area contributed by atoms with E-state index < -0.39 is 28.1 Å². The van der Waals surface area contributed by atoms with Crippen LogP contribution in [0.5, 0.6) is 5.75 Å². The first-order chi connectivity index (χ1) is 16.2. The molecule has 4 rings (SSSR count). The molecule has 2 unspecified atom stereocenters. The van der Waals surface area contributed by atoms with E-state index in [0.29, 0.717) is 0 Å². The zero-order chi connectivity index (χ0) is 24.3. The molecule has 6 nitrogen and oxygen atoms in total. The van der Waals surface area contributed by atoms with Crippen LogP contribution in [0.2, 0.25) is 0 Å². The fourth-order valence-corrected chi connectivity index (χ4v) is 6.07. The van der Waals surface area contributed by atoms with Crippen LogP contribution >= 0.6 is 11.8 Å². The molecule has 0 saturated heterocycles. The lowest BCUT2D eigenvalue weighted by Crippen LogP contribution is -2.39. The Balaban J connectivity index is 1.48. The molecule has 0 aromatic heterocycles. The summed E-state index contributed by atoms with van der Waals surface area (Å²) in [4.78, 5) is 4.33. The van der Waals surface area contributed by atoms with Gasteiger partial charge in [0.15, 0.2) is 0 Å². The molecule has 1 heterocycles. The minimum absolute atomic E-state index is 0.0506. The van der Waals surface area contributed by atoms with Gasteiger partial charge in [-0.3, -0.25) is 0 Å². The number of fused-ring (bicyclic) bond motifs is 2. The molecule has 3 aromatic rings. The van der Waals surface area contributed by atoms with Crippen LogP contribution in [0.1, 0.15) is 0 Å². The molecule has 180 valence electrons. The van der Waals surface area contributed by atoms with Crippen molar-refractivity contribution in [2.24, 2.45) is 4.36 Å². The van der Waals surface area contributed by atoms with Crippen molar-refractivity contribution in [3.8, 4) is 5.75 Å². The van der Waals surface area contributed by atoms with Crippen molar-refractivity contribution in [3.63, 3.8) is 0 Å². The van der Waals surface area contributed by atoms with Gasteiger partial charge < -0.3 is 14.7 Å². The van der Waals surface area contributed by atoms with E-state index in [2.05, 4.69) is 13.8 Å². The Morgan fingerprint density at radius 3 is 2.12 bits per heavy atom. The summed E-state index contributed by atoms with van der Waals surface area (Å²) in [5, 5.41) is 10.8. The number of aliphatic hydroxyl groups is 1. The molecule has 34 heavy (non-hydrogen) atoms. The minimum Gasteiger partial charge on any atom is -0.406 e. The van der Waals surface area contributed by atoms with E-state index in [1.54, 1.807) is 11.8 Å². The van der Waals surface area contributed by atoms with Gasteiger partial charge in [0.25, 0.3) is 0 Å². The quantitative estimate of drug-likeness (QED) is 0.458. The van der Waals surface area contributed by atoms with E-state index in [9.17, 15) is 22.5 Å². The number of halogens is 3. The van der Waals surface area contributed by atoms with Crippen LogP contribution in [0.3, 0.4) is 0 Å². The monoisotopic (exact) mass is 509 g/mol. The predicted octanol–water partition coefficient (Wildman–Crippen LogP) is 5.21. The van der Waals surface area contributed by atoms with Crippen LogP contribution in [-0.2, 0) is 9.92 Å². The Labute approximate surface area is 200 Å². The molecular weight excluding hydrogens is 487 g/mol. The predicted molar refractivity (Wildman–Crippen MR) is 126 cm³/mol. The number of hydrogen-bond acceptors (Lipinski definition) is 6. The highest BCUT2D eigenvalue weighted by Crippen LogP contribution is 2.47. The number of alkyl halides is 3. The van der Waals surface area contributed by atoms with Crippen LogP contribution in [0.25, 0.3) is 0 Å². The van der Waals surface area contributed by atoms with Gasteiger partial charge in [0, 0.05) is 23.4 Å². The van der Waals surface area contributed by atoms with Gasteiger partial charge in [-0.1, -0.05) is 36.0 Å². The first kappa shape index (κ1) is 24.4. The zero-order valence-electron chi connectivity index (χ0n) is 18.0. The van der Waals surface area contributed by atoms with Crippen LogP contribution in [0.4, 0.5) is 24.5 Å². The summed E-state index contributed by atoms with van der Waals surface area (Å²) < 4.78 is 61.0. The van der Waals surface area contributed by atoms with Gasteiger partial charge in [-0.15, -0.1) is 13.2 Å². The average Bonchev–Trinajstić information content (AvgIpc) is 2.82. The van der Waals surface area contributed by atoms with Crippen molar-refractivity contribution in [2.45, 2.75) is 27.2 Å². The van der Waals surface area contributed by atoms with Gasteiger partial charge in [-0.25, -0.2) is 13.3 Å². The molecule has 1 aliphatic heterocycles. The van der Waals surface area contributed by atoms with Gasteiger partial charge in [0.2, 0.25) is 0 Å². The molecule has 0 aliphatic carbocycles. The molecule has 0 amide bonds. The van der Waals surface area contributed by atoms with Gasteiger partial charge in [0.05, 0.1) is 28.9 Å². The van der Waals surface area contributed by atoms with Gasteiger partial charge in [-0.2, -0.15) is 0 Å². The molecular formula is C23H22F3N3O3S2. The van der Waals surface area contributed by atoms with Crippen LogP contribution in [-0.4, -0.2) is 41.9 Å². The Kier molecular flexibility index (Phi) is 7.08. The van der Waals surface area contributed by atoms with Crippen molar-refractivity contribution in [1.82, 2.24) is 4.72 Å². The third-order valence-corrected chi connectivity index (χ3v) is 8.19. The van der Waals surface area contributed by atoms with Crippen molar-refractivity contribution in [1.29, 1.82) is 0 Å². The molecule has 11 heteroatoms. The summed E-state index contributed by atoms with van der Waals surface area (Å²) in [7, 11) is -1.82. The second kappa shape index (κ2) is 9.87. The van der Waals surface area contributed by atoms with Crippen LogP contribution in [0, 0.1) is 0 Å². The second-order valence-electron chi connectivity index (χ2n) is 7.38. The van der Waals surface area contributed by atoms with Crippen molar-refractivity contribution < 1.29 is 27.2 Å². The normalized spacial score (nSPS) is 15.6. The largest absolute Gasteiger partial charge is 0.573 e. The smallest absolute Gasteiger partial charge is 0.406 e. The number of aliphatic hydroxyl groups excluding tert-OH is 1. The summed E-state index contributed by atoms with van der Waals surface area (Å²) in [6.45, 7) is 0.185. The maximum absolute atomic E-state index is 13.3. The fourth-order valence-electron chi connectivity index (χ4n) is 3.54. The third-order valence-electron chi connectivity index (χ3n) is 5.07. The van der Waals surface area contributed by atoms with E-state index in [1.807, 2.05) is 53.4 Å². The number of nitrogens with one attached hydrogen (secondary N) is 1. The number of anilines is 2. The topological polar surface area (TPSA) is 74.2 Å². The molecule has 2 atom stereocenters. The molecule has 0 saturated carbocycles. The Hall–Kier alpha value is -2.73. The highest BCUT2D eigenvalue weighted by molar-refractivity contribution is 7.99. The number of benzene rings is 3. The van der Waals surface area contributed by atoms with Crippen molar-refractivity contribution in [3.05, 3.63) is 72.8 Å². The molecule has 2 N–H and O–H groups in total. The van der Waals surface area contributed by atoms with Crippen molar-refractivity contribution >= 4 is 33.1 Å². The molecule has 0 spiro atoms. The van der Waals surface area contributed by atoms with Crippen molar-refractivity contribution in [2.75, 3.05) is 25.0 Å². The lowest BCUT2D eigenvalue weighted by Gasteiger charge is -2.34. The lowest BCUT2D eigenvalue weighted by molar-refractivity contribution is -0.274. The standard InChI is InChI=1S/C23H22F3N3O3S2/c1-27-34(31,18-12-10-17(11-13-18)32-23(24,25)26)28-14-16(30)15-29-19-6-2-4-8-21(19)33-22-9-5-3-7-20(22)29/h2-13,16,30H,14-15H2,1H3,(H,27,28,31). The lowest BCUT2D eigenvalue weighted by atomic mass is 10.2. The van der Waals surface area contributed by atoms with Crippen LogP contribution < -0.4 is 14.4 Å². The summed E-state index contributed by atoms with van der Waals surface area (Å²) in [5.41, 5.74) is 1.93. The third kappa shape index (κ3) is 5.49. The molecule has 0 fully saturated rings. The molecule has 3 aromatic carbocycles. The summed E-state index contributed by atoms with van der Waals surface area (Å²) in [5.74, 6) is -0.422. The van der Waals surface area contributed by atoms with Gasteiger partial charge in [0.1, 0.15) is 15.7 Å². The summed E-state index contributed by atoms with van der Waals surface area (Å²) in [6.07, 6.45) is -5.73. The summed E-state index contributed by atoms with van der Waals surface area (Å²) in [6, 6.07) is 20.4. The van der Waals surface area contributed by atoms with Gasteiger partial charge >= 0.3 is 6.36 Å². The number of hydrogen-bond donors (Lipinski definition) is 2. The number of para-hydroxylation sites is 2. The zero-order valence-corrected chi connectivity index (χ0v) is 19.7. The number of ether oxygens (including phenoxy) is 1. The fraction of sp³-hybridized carbons (Fsp3) is 0.217. The maximum atomic E-state index is 13.3. The molecule has 0 bridgehead atoms. The Bertz CT molecular complexity index is 1230. The van der Waals surface area contributed by atoms with E-state index >= 15 is 0 Å². The average molecular weight is 510 g/mol. The maximum Gasteiger partial charge on any atom is 0.573 e. The van der Waals surface area contributed by atoms with E-state index in [-0.39, 0.29) is 18.0 Å². The number of β-amino-alcohol motifs (C(OH)–C–C–N with tert-alkyl or cyclic N) is 1. The number of rotatable bonds is 7. The Morgan fingerprint density at radius 2 is 1.59 bits per heavy atom. The van der Waals surface area contributed by atoms with Gasteiger partial charge in [-0.05, 0) is 48.5 Å². The molecule has 1 aliphatic rings. The SMILES string of the molecule is CN=S(=O)(NCC(O)CN1c2ccccc2Sc2ccccc21)c1ccc(OC(F)(F)F)cc1. The summed E-state index contributed by atoms with van der Waals surface area (Å²) >= 11 is 1.66. The molecule has 0 radical (unpaired) electrons. The van der Waals surface area contributed by atoms with E-state index in [1.165, 1.54) is 19.2 Å². The van der Waals surface area contributed by atoms with E-state index in [4.69, 9.17) is 0 Å². The Morgan fingerprint density at radius 1 is 1.03 bits per heavy atom. The first-order valence-corrected chi connectivity index (χ1v) is 12.6. The highest BCUT2D eigenvalue weighted by atomic mass is 32.2. The minimum atomic E-state index is -4.81.